The fraction of sp³-hybridized carbons (Fsp3) is 0.900. The number of morpholine rings is 1. The van der Waals surface area contributed by atoms with Crippen molar-refractivity contribution in [3.8, 4) is 0 Å². The van der Waals surface area contributed by atoms with Crippen LogP contribution in [0.3, 0.4) is 0 Å². The van der Waals surface area contributed by atoms with Gasteiger partial charge in [0.2, 0.25) is 0 Å². The number of hydrogen-bond acceptors (Lipinski definition) is 5. The van der Waals surface area contributed by atoms with Gasteiger partial charge in [-0.3, -0.25) is 9.89 Å². The molecule has 2 aliphatic heterocycles. The van der Waals surface area contributed by atoms with Crippen LogP contribution < -0.4 is 10.6 Å². The van der Waals surface area contributed by atoms with Crippen molar-refractivity contribution in [1.82, 2.24) is 20.4 Å². The van der Waals surface area contributed by atoms with E-state index in [4.69, 9.17) is 9.47 Å². The summed E-state index contributed by atoms with van der Waals surface area (Å²) >= 11 is 0. The van der Waals surface area contributed by atoms with Gasteiger partial charge >= 0.3 is 6.09 Å². The lowest BCUT2D eigenvalue weighted by molar-refractivity contribution is 0.0193. The standard InChI is InChI=1S/C20H39N5O3.HI/c1-16(14-24-9-11-27-12-10-24)13-22-18(21-5)23-17-7-6-8-25(15-17)19(26)28-20(2,3)4;/h16-17H,6-15H2,1-5H3,(H2,21,22,23);1H. The molecule has 29 heavy (non-hydrogen) atoms. The zero-order valence-electron chi connectivity index (χ0n) is 18.7. The van der Waals surface area contributed by atoms with Crippen molar-refractivity contribution in [2.75, 3.05) is 59.5 Å². The van der Waals surface area contributed by atoms with E-state index in [2.05, 4.69) is 27.4 Å². The lowest BCUT2D eigenvalue weighted by Crippen LogP contribution is -2.53. The second-order valence-corrected chi connectivity index (χ2v) is 8.88. The van der Waals surface area contributed by atoms with Crippen LogP contribution in [-0.2, 0) is 9.47 Å². The molecule has 0 spiro atoms. The van der Waals surface area contributed by atoms with Crippen LogP contribution in [0, 0.1) is 5.92 Å². The van der Waals surface area contributed by atoms with E-state index in [0.717, 1.165) is 64.7 Å². The molecular weight excluding hydrogens is 485 g/mol. The first kappa shape index (κ1) is 26.2. The van der Waals surface area contributed by atoms with Crippen molar-refractivity contribution in [2.45, 2.75) is 52.2 Å². The summed E-state index contributed by atoms with van der Waals surface area (Å²) < 4.78 is 10.9. The number of hydrogen-bond donors (Lipinski definition) is 2. The van der Waals surface area contributed by atoms with E-state index in [9.17, 15) is 4.79 Å². The highest BCUT2D eigenvalue weighted by molar-refractivity contribution is 14.0. The lowest BCUT2D eigenvalue weighted by Gasteiger charge is -2.35. The van der Waals surface area contributed by atoms with Gasteiger partial charge < -0.3 is 25.0 Å². The molecule has 0 saturated carbocycles. The van der Waals surface area contributed by atoms with Crippen LogP contribution in [0.5, 0.6) is 0 Å². The number of piperidine rings is 1. The Balaban J connectivity index is 0.00000420. The van der Waals surface area contributed by atoms with E-state index in [-0.39, 0.29) is 36.1 Å². The molecule has 1 amide bonds. The van der Waals surface area contributed by atoms with Crippen molar-refractivity contribution in [1.29, 1.82) is 0 Å². The minimum atomic E-state index is -0.467. The van der Waals surface area contributed by atoms with Crippen LogP contribution in [0.4, 0.5) is 4.79 Å². The predicted molar refractivity (Wildman–Crippen MR) is 127 cm³/mol. The van der Waals surface area contributed by atoms with Gasteiger partial charge in [0.05, 0.1) is 13.2 Å². The number of rotatable bonds is 5. The maximum Gasteiger partial charge on any atom is 0.410 e. The van der Waals surface area contributed by atoms with Crippen LogP contribution in [0.15, 0.2) is 4.99 Å². The molecule has 2 heterocycles. The van der Waals surface area contributed by atoms with Gasteiger partial charge in [0, 0.05) is 52.4 Å². The molecule has 0 aromatic carbocycles. The molecule has 2 N–H and O–H groups in total. The molecule has 2 fully saturated rings. The first-order valence-corrected chi connectivity index (χ1v) is 10.5. The van der Waals surface area contributed by atoms with Gasteiger partial charge in [0.25, 0.3) is 0 Å². The van der Waals surface area contributed by atoms with Crippen molar-refractivity contribution in [2.24, 2.45) is 10.9 Å². The summed E-state index contributed by atoms with van der Waals surface area (Å²) in [7, 11) is 1.79. The highest BCUT2D eigenvalue weighted by Crippen LogP contribution is 2.15. The Morgan fingerprint density at radius 2 is 1.97 bits per heavy atom. The topological polar surface area (TPSA) is 78.4 Å². The van der Waals surface area contributed by atoms with Gasteiger partial charge in [0.1, 0.15) is 5.60 Å². The number of carbonyl (C=O) groups is 1. The Labute approximate surface area is 193 Å². The molecule has 2 atom stereocenters. The number of aliphatic imine (C=N–C) groups is 1. The highest BCUT2D eigenvalue weighted by Gasteiger charge is 2.28. The quantitative estimate of drug-likeness (QED) is 0.326. The summed E-state index contributed by atoms with van der Waals surface area (Å²) in [4.78, 5) is 20.9. The molecule has 0 aromatic rings. The van der Waals surface area contributed by atoms with Gasteiger partial charge in [-0.1, -0.05) is 6.92 Å². The van der Waals surface area contributed by atoms with Crippen LogP contribution in [0.25, 0.3) is 0 Å². The monoisotopic (exact) mass is 525 g/mol. The molecule has 2 aliphatic rings. The molecule has 2 rings (SSSR count). The van der Waals surface area contributed by atoms with Crippen molar-refractivity contribution < 1.29 is 14.3 Å². The summed E-state index contributed by atoms with van der Waals surface area (Å²) in [5.41, 5.74) is -0.467. The summed E-state index contributed by atoms with van der Waals surface area (Å²) in [6.45, 7) is 14.9. The van der Waals surface area contributed by atoms with Gasteiger partial charge in [-0.15, -0.1) is 24.0 Å². The average Bonchev–Trinajstić information content (AvgIpc) is 2.65. The number of amides is 1. The smallest absolute Gasteiger partial charge is 0.410 e. The Morgan fingerprint density at radius 1 is 1.28 bits per heavy atom. The van der Waals surface area contributed by atoms with Crippen molar-refractivity contribution in [3.63, 3.8) is 0 Å². The first-order valence-electron chi connectivity index (χ1n) is 10.5. The molecule has 9 heteroatoms. The average molecular weight is 525 g/mol. The highest BCUT2D eigenvalue weighted by atomic mass is 127. The molecule has 0 aliphatic carbocycles. The van der Waals surface area contributed by atoms with E-state index in [1.807, 2.05) is 20.8 Å². The Morgan fingerprint density at radius 3 is 2.59 bits per heavy atom. The Kier molecular flexibility index (Phi) is 11.6. The van der Waals surface area contributed by atoms with Crippen LogP contribution in [0.2, 0.25) is 0 Å². The zero-order chi connectivity index (χ0) is 20.6. The third kappa shape index (κ3) is 10.2. The number of guanidine groups is 1. The number of halogens is 1. The molecule has 2 unspecified atom stereocenters. The maximum absolute atomic E-state index is 12.3. The Hall–Kier alpha value is -0.810. The van der Waals surface area contributed by atoms with Gasteiger partial charge in [-0.25, -0.2) is 4.79 Å². The van der Waals surface area contributed by atoms with Crippen molar-refractivity contribution in [3.05, 3.63) is 0 Å². The first-order chi connectivity index (χ1) is 13.3. The molecule has 8 nitrogen and oxygen atoms in total. The van der Waals surface area contributed by atoms with Gasteiger partial charge in [-0.05, 0) is 39.5 Å². The summed E-state index contributed by atoms with van der Waals surface area (Å²) in [6, 6.07) is 0.182. The van der Waals surface area contributed by atoms with E-state index in [0.29, 0.717) is 12.5 Å². The van der Waals surface area contributed by atoms with E-state index < -0.39 is 5.60 Å². The SMILES string of the molecule is CN=C(NCC(C)CN1CCOCC1)NC1CCCN(C(=O)OC(C)(C)C)C1.I. The third-order valence-electron chi connectivity index (χ3n) is 4.93. The second kappa shape index (κ2) is 12.8. The second-order valence-electron chi connectivity index (χ2n) is 8.88. The normalized spacial score (nSPS) is 22.4. The molecular formula is C20H40IN5O3. The van der Waals surface area contributed by atoms with Crippen LogP contribution in [0.1, 0.15) is 40.5 Å². The predicted octanol–water partition coefficient (Wildman–Crippen LogP) is 2.14. The fourth-order valence-electron chi connectivity index (χ4n) is 3.54. The van der Waals surface area contributed by atoms with E-state index in [1.165, 1.54) is 0 Å². The lowest BCUT2D eigenvalue weighted by atomic mass is 10.1. The number of nitrogens with zero attached hydrogens (tertiary/aromatic N) is 3. The van der Waals surface area contributed by atoms with E-state index >= 15 is 0 Å². The number of likely N-dealkylation sites (tertiary alicyclic amines) is 1. The summed E-state index contributed by atoms with van der Waals surface area (Å²) in [6.07, 6.45) is 1.74. The van der Waals surface area contributed by atoms with Gasteiger partial charge in [-0.2, -0.15) is 0 Å². The maximum atomic E-state index is 12.3. The molecule has 0 bridgehead atoms. The summed E-state index contributed by atoms with van der Waals surface area (Å²) in [5, 5.41) is 6.90. The molecule has 2 saturated heterocycles. The van der Waals surface area contributed by atoms with Crippen LogP contribution >= 0.6 is 24.0 Å². The molecule has 0 radical (unpaired) electrons. The minimum absolute atomic E-state index is 0. The fourth-order valence-corrected chi connectivity index (χ4v) is 3.54. The Bertz CT molecular complexity index is 521. The third-order valence-corrected chi connectivity index (χ3v) is 4.93. The summed E-state index contributed by atoms with van der Waals surface area (Å²) in [5.74, 6) is 1.31. The largest absolute Gasteiger partial charge is 0.444 e. The number of ether oxygens (including phenoxy) is 2. The number of carbonyl (C=O) groups excluding carboxylic acids is 1. The van der Waals surface area contributed by atoms with Crippen molar-refractivity contribution >= 4 is 36.0 Å². The van der Waals surface area contributed by atoms with Gasteiger partial charge in [0.15, 0.2) is 5.96 Å². The zero-order valence-corrected chi connectivity index (χ0v) is 21.0. The number of nitrogens with one attached hydrogen (secondary N) is 2. The van der Waals surface area contributed by atoms with Crippen LogP contribution in [-0.4, -0.2) is 93.0 Å². The molecule has 170 valence electrons. The molecule has 0 aromatic heterocycles. The van der Waals surface area contributed by atoms with E-state index in [1.54, 1.807) is 11.9 Å². The minimum Gasteiger partial charge on any atom is -0.444 e.